The van der Waals surface area contributed by atoms with E-state index in [-0.39, 0.29) is 11.8 Å². The van der Waals surface area contributed by atoms with Gasteiger partial charge in [0.2, 0.25) is 5.91 Å². The molecule has 0 aromatic carbocycles. The second-order valence-electron chi connectivity index (χ2n) is 5.02. The number of carbonyl (C=O) groups is 1. The summed E-state index contributed by atoms with van der Waals surface area (Å²) in [5.74, 6) is 0.175. The van der Waals surface area contributed by atoms with E-state index in [2.05, 4.69) is 33.5 Å². The minimum Gasteiger partial charge on any atom is -0.372 e. The van der Waals surface area contributed by atoms with Crippen LogP contribution in [0.4, 0.5) is 0 Å². The van der Waals surface area contributed by atoms with E-state index >= 15 is 0 Å². The Morgan fingerprint density at radius 2 is 2.43 bits per heavy atom. The van der Waals surface area contributed by atoms with Crippen molar-refractivity contribution in [2.75, 3.05) is 6.54 Å². The second-order valence-corrected chi connectivity index (χ2v) is 5.02. The highest BCUT2D eigenvalue weighted by atomic mass is 16.2. The minimum atomic E-state index is -0.0150. The summed E-state index contributed by atoms with van der Waals surface area (Å²) in [4.78, 5) is 15.3. The van der Waals surface area contributed by atoms with Crippen molar-refractivity contribution in [3.8, 4) is 0 Å². The highest BCUT2D eigenvalue weighted by Gasteiger charge is 2.18. The maximum absolute atomic E-state index is 11.2. The predicted octanol–water partition coefficient (Wildman–Crippen LogP) is 2.07. The van der Waals surface area contributed by atoms with Crippen LogP contribution in [-0.4, -0.2) is 24.5 Å². The number of nitrogens with one attached hydrogen (secondary N) is 2. The van der Waals surface area contributed by atoms with Crippen molar-refractivity contribution in [1.82, 2.24) is 10.7 Å². The number of amides is 1. The first kappa shape index (κ1) is 15.0. The Morgan fingerprint density at radius 3 is 3.10 bits per heavy atom. The van der Waals surface area contributed by atoms with Gasteiger partial charge in [-0.2, -0.15) is 5.10 Å². The lowest BCUT2D eigenvalue weighted by Gasteiger charge is -2.17. The molecule has 2 rings (SSSR count). The lowest BCUT2D eigenvalue weighted by atomic mass is 9.96. The van der Waals surface area contributed by atoms with Crippen LogP contribution in [0, 0.1) is 5.92 Å². The van der Waals surface area contributed by atoms with Gasteiger partial charge >= 0.3 is 0 Å². The first-order valence-electron chi connectivity index (χ1n) is 6.99. The predicted molar refractivity (Wildman–Crippen MR) is 86.0 cm³/mol. The normalized spacial score (nSPS) is 22.4. The SMILES string of the molecule is C=C/C=C(\C=C/CC1=NNC(=O)C[C@H]1C)C1=CN=CNC1. The molecule has 2 aliphatic heterocycles. The van der Waals surface area contributed by atoms with Gasteiger partial charge in [0.05, 0.1) is 6.34 Å². The Bertz CT molecular complexity index is 567. The van der Waals surface area contributed by atoms with E-state index in [9.17, 15) is 4.79 Å². The number of hydrazone groups is 1. The molecule has 0 radical (unpaired) electrons. The van der Waals surface area contributed by atoms with Crippen LogP contribution in [0.5, 0.6) is 0 Å². The molecule has 0 aromatic heterocycles. The summed E-state index contributed by atoms with van der Waals surface area (Å²) in [7, 11) is 0. The van der Waals surface area contributed by atoms with E-state index in [4.69, 9.17) is 0 Å². The van der Waals surface area contributed by atoms with E-state index in [1.54, 1.807) is 12.4 Å². The van der Waals surface area contributed by atoms with Gasteiger partial charge in [0.25, 0.3) is 0 Å². The monoisotopic (exact) mass is 284 g/mol. The molecular formula is C16H20N4O. The summed E-state index contributed by atoms with van der Waals surface area (Å²) >= 11 is 0. The fraction of sp³-hybridized carbons (Fsp3) is 0.312. The van der Waals surface area contributed by atoms with Crippen LogP contribution >= 0.6 is 0 Å². The zero-order valence-corrected chi connectivity index (χ0v) is 12.2. The van der Waals surface area contributed by atoms with Crippen LogP contribution in [0.1, 0.15) is 19.8 Å². The molecule has 2 heterocycles. The number of carbonyl (C=O) groups excluding carboxylic acids is 1. The number of hydrogen-bond acceptors (Lipinski definition) is 4. The third kappa shape index (κ3) is 4.27. The number of aliphatic imine (C=N–C) groups is 1. The maximum Gasteiger partial charge on any atom is 0.240 e. The van der Waals surface area contributed by atoms with Crippen molar-refractivity contribution < 1.29 is 4.79 Å². The molecule has 5 heteroatoms. The third-order valence-corrected chi connectivity index (χ3v) is 3.37. The zero-order valence-electron chi connectivity index (χ0n) is 12.2. The maximum atomic E-state index is 11.2. The molecule has 0 unspecified atom stereocenters. The van der Waals surface area contributed by atoms with E-state index in [1.807, 2.05) is 25.3 Å². The zero-order chi connectivity index (χ0) is 15.1. The number of hydrogen-bond donors (Lipinski definition) is 2. The molecule has 21 heavy (non-hydrogen) atoms. The van der Waals surface area contributed by atoms with Gasteiger partial charge in [-0.1, -0.05) is 37.8 Å². The van der Waals surface area contributed by atoms with Gasteiger partial charge in [-0.15, -0.1) is 0 Å². The van der Waals surface area contributed by atoms with Crippen LogP contribution < -0.4 is 10.7 Å². The fourth-order valence-electron chi connectivity index (χ4n) is 2.19. The highest BCUT2D eigenvalue weighted by molar-refractivity contribution is 5.95. The van der Waals surface area contributed by atoms with E-state index in [0.29, 0.717) is 6.42 Å². The smallest absolute Gasteiger partial charge is 0.240 e. The molecule has 2 N–H and O–H groups in total. The first-order valence-corrected chi connectivity index (χ1v) is 6.99. The molecule has 2 aliphatic rings. The number of allylic oxidation sites excluding steroid dienone is 4. The Morgan fingerprint density at radius 1 is 1.57 bits per heavy atom. The molecule has 5 nitrogen and oxygen atoms in total. The molecule has 110 valence electrons. The van der Waals surface area contributed by atoms with Gasteiger partial charge in [-0.05, 0) is 11.1 Å². The molecule has 0 bridgehead atoms. The average Bonchev–Trinajstić information content (AvgIpc) is 2.49. The molecule has 0 aromatic rings. The second kappa shape index (κ2) is 7.38. The Hall–Kier alpha value is -2.43. The number of nitrogens with zero attached hydrogens (tertiary/aromatic N) is 2. The molecule has 1 atom stereocenters. The molecule has 0 aliphatic carbocycles. The average molecular weight is 284 g/mol. The van der Waals surface area contributed by atoms with Gasteiger partial charge in [-0.3, -0.25) is 4.79 Å². The van der Waals surface area contributed by atoms with E-state index in [1.165, 1.54) is 0 Å². The summed E-state index contributed by atoms with van der Waals surface area (Å²) in [5, 5.41) is 7.21. The van der Waals surface area contributed by atoms with Crippen LogP contribution in [0.15, 0.2) is 58.3 Å². The van der Waals surface area contributed by atoms with Crippen molar-refractivity contribution in [3.05, 3.63) is 48.2 Å². The van der Waals surface area contributed by atoms with Gasteiger partial charge in [0.15, 0.2) is 0 Å². The quantitative estimate of drug-likeness (QED) is 0.759. The van der Waals surface area contributed by atoms with Crippen LogP contribution in [0.25, 0.3) is 0 Å². The largest absolute Gasteiger partial charge is 0.372 e. The summed E-state index contributed by atoms with van der Waals surface area (Å²) in [6, 6.07) is 0. The third-order valence-electron chi connectivity index (χ3n) is 3.37. The summed E-state index contributed by atoms with van der Waals surface area (Å²) < 4.78 is 0. The molecule has 0 saturated heterocycles. The van der Waals surface area contributed by atoms with Gasteiger partial charge in [-0.25, -0.2) is 10.4 Å². The summed E-state index contributed by atoms with van der Waals surface area (Å²) in [6.45, 7) is 6.52. The van der Waals surface area contributed by atoms with Crippen molar-refractivity contribution in [1.29, 1.82) is 0 Å². The summed E-state index contributed by atoms with van der Waals surface area (Å²) in [5.41, 5.74) is 5.71. The first-order chi connectivity index (χ1) is 10.2. The molecule has 0 fully saturated rings. The Balaban J connectivity index is 2.02. The fourth-order valence-corrected chi connectivity index (χ4v) is 2.19. The van der Waals surface area contributed by atoms with E-state index < -0.39 is 0 Å². The highest BCUT2D eigenvalue weighted by Crippen LogP contribution is 2.16. The standard InChI is InChI=1S/C16H20N4O/c1-3-5-13(14-9-17-11-18-10-14)6-4-7-15-12(2)8-16(21)20-19-15/h3-6,9,11-12H,1,7-8,10H2,2H3,(H,17,18)(H,20,21)/b6-4-,13-5+/t12-/m1/s1. The van der Waals surface area contributed by atoms with Gasteiger partial charge in [0.1, 0.15) is 0 Å². The summed E-state index contributed by atoms with van der Waals surface area (Å²) in [6.07, 6.45) is 12.6. The van der Waals surface area contributed by atoms with E-state index in [0.717, 1.165) is 29.8 Å². The Kier molecular flexibility index (Phi) is 5.26. The lowest BCUT2D eigenvalue weighted by molar-refractivity contribution is -0.121. The molecular weight excluding hydrogens is 264 g/mol. The molecule has 0 spiro atoms. The van der Waals surface area contributed by atoms with Crippen molar-refractivity contribution in [3.63, 3.8) is 0 Å². The van der Waals surface area contributed by atoms with Crippen molar-refractivity contribution in [2.45, 2.75) is 19.8 Å². The topological polar surface area (TPSA) is 65.8 Å². The minimum absolute atomic E-state index is 0.0150. The van der Waals surface area contributed by atoms with Gasteiger partial charge in [0, 0.05) is 37.2 Å². The van der Waals surface area contributed by atoms with Gasteiger partial charge < -0.3 is 5.32 Å². The van der Waals surface area contributed by atoms with Crippen LogP contribution in [0.2, 0.25) is 0 Å². The van der Waals surface area contributed by atoms with Crippen LogP contribution in [-0.2, 0) is 4.79 Å². The Labute approximate surface area is 124 Å². The van der Waals surface area contributed by atoms with Crippen molar-refractivity contribution >= 4 is 18.0 Å². The lowest BCUT2D eigenvalue weighted by Crippen LogP contribution is -2.31. The molecule has 0 saturated carbocycles. The molecule has 1 amide bonds. The number of rotatable bonds is 5. The van der Waals surface area contributed by atoms with Crippen molar-refractivity contribution in [2.24, 2.45) is 16.0 Å². The van der Waals surface area contributed by atoms with Crippen LogP contribution in [0.3, 0.4) is 0 Å².